The Hall–Kier alpha value is -1.06. The van der Waals surface area contributed by atoms with Crippen molar-refractivity contribution in [3.8, 4) is 0 Å². The summed E-state index contributed by atoms with van der Waals surface area (Å²) >= 11 is 0. The zero-order valence-corrected chi connectivity index (χ0v) is 13.2. The van der Waals surface area contributed by atoms with Crippen LogP contribution in [0.2, 0.25) is 0 Å². The summed E-state index contributed by atoms with van der Waals surface area (Å²) in [5.74, 6) is 0.970. The molecule has 4 heteroatoms. The average molecular weight is 292 g/mol. The van der Waals surface area contributed by atoms with Gasteiger partial charge in [-0.25, -0.2) is 0 Å². The Morgan fingerprint density at radius 3 is 2.52 bits per heavy atom. The molecule has 4 nitrogen and oxygen atoms in total. The van der Waals surface area contributed by atoms with Crippen molar-refractivity contribution in [2.24, 2.45) is 11.8 Å². The van der Waals surface area contributed by atoms with Crippen molar-refractivity contribution < 1.29 is 9.59 Å². The Morgan fingerprint density at radius 1 is 1.05 bits per heavy atom. The highest BCUT2D eigenvalue weighted by atomic mass is 16.2. The van der Waals surface area contributed by atoms with Crippen LogP contribution in [0, 0.1) is 11.8 Å². The quantitative estimate of drug-likeness (QED) is 0.784. The van der Waals surface area contributed by atoms with Crippen LogP contribution in [0.25, 0.3) is 0 Å². The monoisotopic (exact) mass is 292 g/mol. The molecule has 1 saturated carbocycles. The molecular formula is C17H28N2O2. The SMILES string of the molecule is C[C@H]1CCCN(C(=O)[C@@H]2CC(=O)N(C3CCCCC3)C2)C1. The fourth-order valence-electron chi connectivity index (χ4n) is 4.29. The molecule has 2 atom stereocenters. The van der Waals surface area contributed by atoms with Gasteiger partial charge in [-0.1, -0.05) is 26.2 Å². The first-order chi connectivity index (χ1) is 10.1. The van der Waals surface area contributed by atoms with Crippen molar-refractivity contribution in [1.29, 1.82) is 0 Å². The summed E-state index contributed by atoms with van der Waals surface area (Å²) < 4.78 is 0. The molecular weight excluding hydrogens is 264 g/mol. The maximum atomic E-state index is 12.7. The number of piperidine rings is 1. The second-order valence-corrected chi connectivity index (χ2v) is 7.27. The van der Waals surface area contributed by atoms with Gasteiger partial charge in [-0.2, -0.15) is 0 Å². The summed E-state index contributed by atoms with van der Waals surface area (Å²) in [6.07, 6.45) is 8.81. The number of rotatable bonds is 2. The molecule has 0 aromatic carbocycles. The predicted octanol–water partition coefficient (Wildman–Crippen LogP) is 2.43. The Kier molecular flexibility index (Phi) is 4.51. The van der Waals surface area contributed by atoms with Crippen molar-refractivity contribution >= 4 is 11.8 Å². The van der Waals surface area contributed by atoms with E-state index in [0.29, 0.717) is 24.9 Å². The highest BCUT2D eigenvalue weighted by molar-refractivity contribution is 5.89. The van der Waals surface area contributed by atoms with Crippen molar-refractivity contribution in [2.45, 2.75) is 64.3 Å². The molecule has 0 N–H and O–H groups in total. The number of likely N-dealkylation sites (tertiary alicyclic amines) is 2. The lowest BCUT2D eigenvalue weighted by Gasteiger charge is -2.34. The van der Waals surface area contributed by atoms with E-state index in [0.717, 1.165) is 32.4 Å². The first kappa shape index (κ1) is 14.9. The molecule has 3 rings (SSSR count). The predicted molar refractivity (Wildman–Crippen MR) is 81.7 cm³/mol. The van der Waals surface area contributed by atoms with Crippen LogP contribution >= 0.6 is 0 Å². The number of carbonyl (C=O) groups is 2. The standard InChI is InChI=1S/C17H28N2O2/c1-13-6-5-9-18(11-13)17(21)14-10-16(20)19(12-14)15-7-3-2-4-8-15/h13-15H,2-12H2,1H3/t13-,14+/m0/s1. The van der Waals surface area contributed by atoms with Crippen molar-refractivity contribution in [1.82, 2.24) is 9.80 Å². The zero-order chi connectivity index (χ0) is 14.8. The minimum Gasteiger partial charge on any atom is -0.342 e. The summed E-state index contributed by atoms with van der Waals surface area (Å²) in [5.41, 5.74) is 0. The van der Waals surface area contributed by atoms with Gasteiger partial charge in [0.2, 0.25) is 11.8 Å². The second kappa shape index (κ2) is 6.37. The van der Waals surface area contributed by atoms with E-state index in [-0.39, 0.29) is 17.7 Å². The van der Waals surface area contributed by atoms with Gasteiger partial charge in [0.15, 0.2) is 0 Å². The topological polar surface area (TPSA) is 40.6 Å². The highest BCUT2D eigenvalue weighted by Gasteiger charge is 2.40. The van der Waals surface area contributed by atoms with E-state index < -0.39 is 0 Å². The van der Waals surface area contributed by atoms with E-state index in [9.17, 15) is 9.59 Å². The highest BCUT2D eigenvalue weighted by Crippen LogP contribution is 2.30. The molecule has 0 bridgehead atoms. The van der Waals surface area contributed by atoms with Crippen LogP contribution in [0.5, 0.6) is 0 Å². The molecule has 2 aliphatic heterocycles. The normalized spacial score (nSPS) is 31.8. The third-order valence-electron chi connectivity index (χ3n) is 5.49. The third kappa shape index (κ3) is 3.24. The zero-order valence-electron chi connectivity index (χ0n) is 13.2. The van der Waals surface area contributed by atoms with Gasteiger partial charge in [-0.3, -0.25) is 9.59 Å². The fraction of sp³-hybridized carbons (Fsp3) is 0.882. The molecule has 1 aliphatic carbocycles. The molecule has 2 saturated heterocycles. The molecule has 2 heterocycles. The molecule has 0 aromatic heterocycles. The molecule has 2 amide bonds. The lowest BCUT2D eigenvalue weighted by atomic mass is 9.94. The Morgan fingerprint density at radius 2 is 1.81 bits per heavy atom. The van der Waals surface area contributed by atoms with Crippen molar-refractivity contribution in [3.05, 3.63) is 0 Å². The third-order valence-corrected chi connectivity index (χ3v) is 5.49. The molecule has 0 aromatic rings. The summed E-state index contributed by atoms with van der Waals surface area (Å²) in [7, 11) is 0. The van der Waals surface area contributed by atoms with E-state index in [1.54, 1.807) is 0 Å². The molecule has 3 aliphatic rings. The first-order valence-corrected chi connectivity index (χ1v) is 8.73. The van der Waals surface area contributed by atoms with Crippen LogP contribution in [-0.2, 0) is 9.59 Å². The van der Waals surface area contributed by atoms with E-state index in [1.807, 2.05) is 9.80 Å². The Balaban J connectivity index is 1.59. The fourth-order valence-corrected chi connectivity index (χ4v) is 4.29. The number of carbonyl (C=O) groups excluding carboxylic acids is 2. The van der Waals surface area contributed by atoms with E-state index in [4.69, 9.17) is 0 Å². The summed E-state index contributed by atoms with van der Waals surface area (Å²) in [5, 5.41) is 0. The number of nitrogens with zero attached hydrogens (tertiary/aromatic N) is 2. The van der Waals surface area contributed by atoms with Gasteiger partial charge in [-0.15, -0.1) is 0 Å². The van der Waals surface area contributed by atoms with Crippen LogP contribution in [0.4, 0.5) is 0 Å². The average Bonchev–Trinajstić information content (AvgIpc) is 2.89. The van der Waals surface area contributed by atoms with Gasteiger partial charge in [0.1, 0.15) is 0 Å². The van der Waals surface area contributed by atoms with Gasteiger partial charge >= 0.3 is 0 Å². The molecule has 0 unspecified atom stereocenters. The number of amides is 2. The van der Waals surface area contributed by atoms with Gasteiger partial charge in [0.05, 0.1) is 5.92 Å². The first-order valence-electron chi connectivity index (χ1n) is 8.73. The largest absolute Gasteiger partial charge is 0.342 e. The van der Waals surface area contributed by atoms with Crippen LogP contribution in [0.3, 0.4) is 0 Å². The van der Waals surface area contributed by atoms with Crippen LogP contribution in [-0.4, -0.2) is 47.3 Å². The summed E-state index contributed by atoms with van der Waals surface area (Å²) in [4.78, 5) is 29.0. The van der Waals surface area contributed by atoms with Crippen LogP contribution in [0.1, 0.15) is 58.3 Å². The molecule has 0 radical (unpaired) electrons. The molecule has 118 valence electrons. The Labute approximate surface area is 127 Å². The van der Waals surface area contributed by atoms with Crippen molar-refractivity contribution in [2.75, 3.05) is 19.6 Å². The number of hydrogen-bond donors (Lipinski definition) is 0. The molecule has 0 spiro atoms. The second-order valence-electron chi connectivity index (χ2n) is 7.27. The maximum Gasteiger partial charge on any atom is 0.228 e. The van der Waals surface area contributed by atoms with Crippen LogP contribution in [0.15, 0.2) is 0 Å². The lowest BCUT2D eigenvalue weighted by Crippen LogP contribution is -2.44. The van der Waals surface area contributed by atoms with Gasteiger partial charge in [-0.05, 0) is 31.6 Å². The lowest BCUT2D eigenvalue weighted by molar-refractivity contribution is -0.137. The summed E-state index contributed by atoms with van der Waals surface area (Å²) in [6, 6.07) is 0.407. The molecule has 21 heavy (non-hydrogen) atoms. The number of hydrogen-bond acceptors (Lipinski definition) is 2. The van der Waals surface area contributed by atoms with Gasteiger partial charge in [0.25, 0.3) is 0 Å². The molecule has 3 fully saturated rings. The minimum atomic E-state index is -0.0790. The van der Waals surface area contributed by atoms with E-state index in [2.05, 4.69) is 6.92 Å². The van der Waals surface area contributed by atoms with Crippen molar-refractivity contribution in [3.63, 3.8) is 0 Å². The van der Waals surface area contributed by atoms with Crippen LogP contribution < -0.4 is 0 Å². The Bertz CT molecular complexity index is 404. The van der Waals surface area contributed by atoms with E-state index >= 15 is 0 Å². The maximum absolute atomic E-state index is 12.7. The van der Waals surface area contributed by atoms with Gasteiger partial charge < -0.3 is 9.80 Å². The summed E-state index contributed by atoms with van der Waals surface area (Å²) in [6.45, 7) is 4.66. The minimum absolute atomic E-state index is 0.0790. The smallest absolute Gasteiger partial charge is 0.228 e. The van der Waals surface area contributed by atoms with E-state index in [1.165, 1.54) is 25.7 Å². The van der Waals surface area contributed by atoms with Gasteiger partial charge in [0, 0.05) is 32.1 Å².